The van der Waals surface area contributed by atoms with Crippen LogP contribution < -0.4 is 9.80 Å². The molecule has 0 atom stereocenters. The van der Waals surface area contributed by atoms with Crippen LogP contribution in [0.25, 0.3) is 0 Å². The smallest absolute Gasteiger partial charge is 0.0564 e. The number of rotatable bonds is 6. The van der Waals surface area contributed by atoms with Gasteiger partial charge in [0.2, 0.25) is 0 Å². The van der Waals surface area contributed by atoms with Crippen molar-refractivity contribution in [1.29, 1.82) is 0 Å². The molecule has 2 aliphatic heterocycles. The molecule has 2 heterocycles. The van der Waals surface area contributed by atoms with Gasteiger partial charge < -0.3 is 9.80 Å². The molecule has 1 saturated heterocycles. The van der Waals surface area contributed by atoms with E-state index >= 15 is 0 Å². The zero-order chi connectivity index (χ0) is 21.0. The summed E-state index contributed by atoms with van der Waals surface area (Å²) in [5, 5.41) is 0. The standard InChI is InChI=1S/C26H29N3S2/c1-30-22-12-13-26-24(20-22)29(23-10-5-6-11-25(23)31-26)15-7-14-27-16-18-28(19-17-27)21-8-3-2-4-9-21/h2-6,8-13,20H,7,14-19H2,1H3. The van der Waals surface area contributed by atoms with Crippen LogP contribution in [-0.4, -0.2) is 50.4 Å². The first-order valence-corrected chi connectivity index (χ1v) is 13.1. The lowest BCUT2D eigenvalue weighted by molar-refractivity contribution is 0.256. The SMILES string of the molecule is CSc1ccc2c(c1)N(CCCN1CCN(c3ccccc3)CC1)c1ccccc1S2. The Bertz CT molecular complexity index is 1020. The maximum Gasteiger partial charge on any atom is 0.0564 e. The molecule has 5 heteroatoms. The van der Waals surface area contributed by atoms with Crippen molar-refractivity contribution in [3.05, 3.63) is 72.8 Å². The van der Waals surface area contributed by atoms with Gasteiger partial charge in [0.1, 0.15) is 0 Å². The van der Waals surface area contributed by atoms with Gasteiger partial charge in [0, 0.05) is 53.1 Å². The third-order valence-electron chi connectivity index (χ3n) is 6.18. The number of anilines is 3. The van der Waals surface area contributed by atoms with Gasteiger partial charge in [-0.15, -0.1) is 11.8 Å². The summed E-state index contributed by atoms with van der Waals surface area (Å²) in [6.45, 7) is 6.75. The van der Waals surface area contributed by atoms with Crippen molar-refractivity contribution in [2.24, 2.45) is 0 Å². The van der Waals surface area contributed by atoms with Gasteiger partial charge >= 0.3 is 0 Å². The normalized spacial score (nSPS) is 16.2. The predicted molar refractivity (Wildman–Crippen MR) is 136 cm³/mol. The first-order chi connectivity index (χ1) is 15.3. The maximum atomic E-state index is 2.63. The molecule has 0 amide bonds. The average Bonchev–Trinajstić information content (AvgIpc) is 2.84. The fourth-order valence-corrected chi connectivity index (χ4v) is 6.01. The second-order valence-electron chi connectivity index (χ2n) is 8.07. The fourth-order valence-electron chi connectivity index (χ4n) is 4.50. The van der Waals surface area contributed by atoms with E-state index in [-0.39, 0.29) is 0 Å². The van der Waals surface area contributed by atoms with E-state index in [1.54, 1.807) is 0 Å². The number of nitrogens with zero attached hydrogens (tertiary/aromatic N) is 3. The van der Waals surface area contributed by atoms with Crippen LogP contribution in [0.3, 0.4) is 0 Å². The van der Waals surface area contributed by atoms with Crippen LogP contribution in [0.5, 0.6) is 0 Å². The Morgan fingerprint density at radius 1 is 0.774 bits per heavy atom. The monoisotopic (exact) mass is 447 g/mol. The predicted octanol–water partition coefficient (Wildman–Crippen LogP) is 6.22. The number of fused-ring (bicyclic) bond motifs is 2. The third-order valence-corrected chi connectivity index (χ3v) is 8.04. The van der Waals surface area contributed by atoms with Gasteiger partial charge in [-0.2, -0.15) is 0 Å². The lowest BCUT2D eigenvalue weighted by Crippen LogP contribution is -2.47. The molecule has 0 aromatic heterocycles. The van der Waals surface area contributed by atoms with Gasteiger partial charge in [0.25, 0.3) is 0 Å². The molecular formula is C26H29N3S2. The largest absolute Gasteiger partial charge is 0.369 e. The fraction of sp³-hybridized carbons (Fsp3) is 0.308. The Hall–Kier alpha value is -2.08. The van der Waals surface area contributed by atoms with Crippen molar-refractivity contribution < 1.29 is 0 Å². The summed E-state index contributed by atoms with van der Waals surface area (Å²) in [5.41, 5.74) is 4.07. The van der Waals surface area contributed by atoms with Gasteiger partial charge in [-0.25, -0.2) is 0 Å². The third kappa shape index (κ3) is 4.59. The molecule has 0 N–H and O–H groups in total. The summed E-state index contributed by atoms with van der Waals surface area (Å²) in [7, 11) is 0. The molecular weight excluding hydrogens is 418 g/mol. The summed E-state index contributed by atoms with van der Waals surface area (Å²) in [5.74, 6) is 0. The zero-order valence-corrected chi connectivity index (χ0v) is 19.7. The van der Waals surface area contributed by atoms with Crippen molar-refractivity contribution in [2.75, 3.05) is 55.3 Å². The summed E-state index contributed by atoms with van der Waals surface area (Å²) in [6.07, 6.45) is 3.33. The molecule has 0 bridgehead atoms. The highest BCUT2D eigenvalue weighted by atomic mass is 32.2. The molecule has 3 nitrogen and oxygen atoms in total. The van der Waals surface area contributed by atoms with Crippen molar-refractivity contribution >= 4 is 40.6 Å². The van der Waals surface area contributed by atoms with Crippen LogP contribution in [-0.2, 0) is 0 Å². The Kier molecular flexibility index (Phi) is 6.44. The van der Waals surface area contributed by atoms with Crippen LogP contribution in [0.4, 0.5) is 17.1 Å². The molecule has 5 rings (SSSR count). The molecule has 160 valence electrons. The average molecular weight is 448 g/mol. The van der Waals surface area contributed by atoms with E-state index < -0.39 is 0 Å². The summed E-state index contributed by atoms with van der Waals surface area (Å²) in [4.78, 5) is 11.7. The molecule has 0 saturated carbocycles. The maximum absolute atomic E-state index is 2.63. The van der Waals surface area contributed by atoms with E-state index in [0.717, 1.165) is 39.3 Å². The topological polar surface area (TPSA) is 9.72 Å². The quantitative estimate of drug-likeness (QED) is 0.414. The van der Waals surface area contributed by atoms with Crippen LogP contribution in [0.2, 0.25) is 0 Å². The van der Waals surface area contributed by atoms with E-state index in [1.807, 2.05) is 23.5 Å². The van der Waals surface area contributed by atoms with E-state index in [9.17, 15) is 0 Å². The lowest BCUT2D eigenvalue weighted by atomic mass is 10.2. The highest BCUT2D eigenvalue weighted by molar-refractivity contribution is 8.00. The number of thioether (sulfide) groups is 1. The van der Waals surface area contributed by atoms with Crippen LogP contribution >= 0.6 is 23.5 Å². The second kappa shape index (κ2) is 9.60. The first-order valence-electron chi connectivity index (χ1n) is 11.1. The van der Waals surface area contributed by atoms with Crippen molar-refractivity contribution in [1.82, 2.24) is 4.90 Å². The Labute approximate surface area is 194 Å². The van der Waals surface area contributed by atoms with Crippen molar-refractivity contribution in [3.8, 4) is 0 Å². The molecule has 0 spiro atoms. The van der Waals surface area contributed by atoms with Gasteiger partial charge in [-0.05, 0) is 61.7 Å². The highest BCUT2D eigenvalue weighted by Crippen LogP contribution is 2.48. The minimum atomic E-state index is 1.06. The number of piperazine rings is 1. The van der Waals surface area contributed by atoms with Gasteiger partial charge in [0.15, 0.2) is 0 Å². The van der Waals surface area contributed by atoms with Crippen LogP contribution in [0.1, 0.15) is 6.42 Å². The van der Waals surface area contributed by atoms with Gasteiger partial charge in [-0.3, -0.25) is 4.90 Å². The molecule has 1 fully saturated rings. The molecule has 0 unspecified atom stereocenters. The zero-order valence-electron chi connectivity index (χ0n) is 18.0. The number of para-hydroxylation sites is 2. The second-order valence-corrected chi connectivity index (χ2v) is 10.0. The first kappa shape index (κ1) is 20.8. The van der Waals surface area contributed by atoms with Crippen molar-refractivity contribution in [2.45, 2.75) is 21.1 Å². The minimum Gasteiger partial charge on any atom is -0.369 e. The molecule has 2 aliphatic rings. The van der Waals surface area contributed by atoms with E-state index in [2.05, 4.69) is 93.8 Å². The lowest BCUT2D eigenvalue weighted by Gasteiger charge is -2.37. The highest BCUT2D eigenvalue weighted by Gasteiger charge is 2.24. The van der Waals surface area contributed by atoms with E-state index in [0.29, 0.717) is 0 Å². The summed E-state index contributed by atoms with van der Waals surface area (Å²) in [6, 6.07) is 26.6. The molecule has 0 radical (unpaired) electrons. The Morgan fingerprint density at radius 2 is 1.52 bits per heavy atom. The molecule has 31 heavy (non-hydrogen) atoms. The number of hydrogen-bond donors (Lipinski definition) is 0. The Morgan fingerprint density at radius 3 is 2.32 bits per heavy atom. The van der Waals surface area contributed by atoms with Crippen LogP contribution in [0, 0.1) is 0 Å². The van der Waals surface area contributed by atoms with Gasteiger partial charge in [0.05, 0.1) is 11.4 Å². The molecule has 0 aliphatic carbocycles. The van der Waals surface area contributed by atoms with Gasteiger partial charge in [-0.1, -0.05) is 42.1 Å². The molecule has 3 aromatic carbocycles. The number of benzene rings is 3. The molecule has 3 aromatic rings. The minimum absolute atomic E-state index is 1.06. The van der Waals surface area contributed by atoms with Crippen LogP contribution in [0.15, 0.2) is 87.5 Å². The van der Waals surface area contributed by atoms with Crippen molar-refractivity contribution in [3.63, 3.8) is 0 Å². The van der Waals surface area contributed by atoms with E-state index in [4.69, 9.17) is 0 Å². The van der Waals surface area contributed by atoms with E-state index in [1.165, 1.54) is 38.2 Å². The number of hydrogen-bond acceptors (Lipinski definition) is 5. The summed E-state index contributed by atoms with van der Waals surface area (Å²) >= 11 is 3.72. The Balaban J connectivity index is 1.23. The summed E-state index contributed by atoms with van der Waals surface area (Å²) < 4.78 is 0.